The fourth-order valence-corrected chi connectivity index (χ4v) is 3.18. The van der Waals surface area contributed by atoms with Crippen LogP contribution in [0.4, 0.5) is 0 Å². The molecule has 0 aromatic carbocycles. The highest BCUT2D eigenvalue weighted by molar-refractivity contribution is 4.99. The van der Waals surface area contributed by atoms with Crippen molar-refractivity contribution in [1.82, 2.24) is 0 Å². The Kier molecular flexibility index (Phi) is 6.30. The first-order valence-corrected chi connectivity index (χ1v) is 7.72. The van der Waals surface area contributed by atoms with Crippen molar-refractivity contribution in [2.45, 2.75) is 79.1 Å². The van der Waals surface area contributed by atoms with Crippen LogP contribution in [0.25, 0.3) is 0 Å². The first-order chi connectivity index (χ1) is 8.03. The minimum Gasteiger partial charge on any atom is -0.0854 e. The van der Waals surface area contributed by atoms with Gasteiger partial charge in [-0.2, -0.15) is 0 Å². The summed E-state index contributed by atoms with van der Waals surface area (Å²) in [5.74, 6) is 1.73. The van der Waals surface area contributed by atoms with Crippen LogP contribution in [0.15, 0.2) is 12.2 Å². The summed E-state index contributed by atoms with van der Waals surface area (Å²) < 4.78 is 0. The van der Waals surface area contributed by atoms with Gasteiger partial charge in [0.15, 0.2) is 0 Å². The molecule has 0 amide bonds. The standard InChI is InChI=1S/C17H32/c1-5-12-17(3,4)13-8-6-7-9-16-11-10-15(2)14-16/h10-11,15-16H,5-9,12-14H2,1-4H3. The van der Waals surface area contributed by atoms with E-state index in [0.29, 0.717) is 5.41 Å². The van der Waals surface area contributed by atoms with E-state index in [4.69, 9.17) is 0 Å². The Morgan fingerprint density at radius 1 is 1.06 bits per heavy atom. The molecule has 0 radical (unpaired) electrons. The molecule has 0 heterocycles. The molecule has 17 heavy (non-hydrogen) atoms. The van der Waals surface area contributed by atoms with E-state index in [1.807, 2.05) is 0 Å². The van der Waals surface area contributed by atoms with Crippen LogP contribution in [-0.2, 0) is 0 Å². The highest BCUT2D eigenvalue weighted by Crippen LogP contribution is 2.30. The van der Waals surface area contributed by atoms with Gasteiger partial charge >= 0.3 is 0 Å². The molecule has 1 aliphatic rings. The fourth-order valence-electron chi connectivity index (χ4n) is 3.18. The summed E-state index contributed by atoms with van der Waals surface area (Å²) >= 11 is 0. The van der Waals surface area contributed by atoms with Crippen molar-refractivity contribution in [1.29, 1.82) is 0 Å². The molecule has 0 saturated heterocycles. The van der Waals surface area contributed by atoms with Gasteiger partial charge in [0.1, 0.15) is 0 Å². The molecule has 0 fully saturated rings. The Hall–Kier alpha value is -0.260. The average Bonchev–Trinajstić information content (AvgIpc) is 2.63. The number of hydrogen-bond donors (Lipinski definition) is 0. The van der Waals surface area contributed by atoms with Gasteiger partial charge in [-0.1, -0.05) is 65.5 Å². The van der Waals surface area contributed by atoms with Gasteiger partial charge in [0.05, 0.1) is 0 Å². The third kappa shape index (κ3) is 6.29. The van der Waals surface area contributed by atoms with Crippen molar-refractivity contribution < 1.29 is 0 Å². The molecular formula is C17H32. The molecule has 0 N–H and O–H groups in total. The van der Waals surface area contributed by atoms with E-state index in [1.54, 1.807) is 0 Å². The van der Waals surface area contributed by atoms with Crippen molar-refractivity contribution in [3.05, 3.63) is 12.2 Å². The smallest absolute Gasteiger partial charge is 0.0228 e. The quantitative estimate of drug-likeness (QED) is 0.359. The van der Waals surface area contributed by atoms with Crippen LogP contribution in [0.3, 0.4) is 0 Å². The van der Waals surface area contributed by atoms with Crippen LogP contribution in [-0.4, -0.2) is 0 Å². The first kappa shape index (κ1) is 14.8. The molecule has 0 aromatic heterocycles. The molecule has 0 aliphatic heterocycles. The maximum atomic E-state index is 2.45. The molecule has 1 aliphatic carbocycles. The van der Waals surface area contributed by atoms with E-state index in [1.165, 1.54) is 51.4 Å². The van der Waals surface area contributed by atoms with Crippen molar-refractivity contribution in [3.8, 4) is 0 Å². The average molecular weight is 236 g/mol. The van der Waals surface area contributed by atoms with Crippen LogP contribution in [0.5, 0.6) is 0 Å². The topological polar surface area (TPSA) is 0 Å². The molecule has 0 heteroatoms. The summed E-state index contributed by atoms with van der Waals surface area (Å²) in [7, 11) is 0. The lowest BCUT2D eigenvalue weighted by molar-refractivity contribution is 0.290. The zero-order valence-electron chi connectivity index (χ0n) is 12.5. The fraction of sp³-hybridized carbons (Fsp3) is 0.882. The van der Waals surface area contributed by atoms with Gasteiger partial charge < -0.3 is 0 Å². The van der Waals surface area contributed by atoms with Crippen molar-refractivity contribution in [2.75, 3.05) is 0 Å². The summed E-state index contributed by atoms with van der Waals surface area (Å²) in [5, 5.41) is 0. The van der Waals surface area contributed by atoms with E-state index in [-0.39, 0.29) is 0 Å². The monoisotopic (exact) mass is 236 g/mol. The molecule has 0 saturated carbocycles. The second kappa shape index (κ2) is 7.24. The lowest BCUT2D eigenvalue weighted by Gasteiger charge is -2.23. The molecule has 2 atom stereocenters. The third-order valence-electron chi connectivity index (χ3n) is 4.24. The molecule has 0 aromatic rings. The predicted octanol–water partition coefficient (Wildman–Crippen LogP) is 5.98. The minimum absolute atomic E-state index is 0.580. The highest BCUT2D eigenvalue weighted by Gasteiger charge is 2.17. The predicted molar refractivity (Wildman–Crippen MR) is 78.2 cm³/mol. The van der Waals surface area contributed by atoms with Crippen LogP contribution < -0.4 is 0 Å². The zero-order valence-corrected chi connectivity index (χ0v) is 12.5. The Balaban J connectivity index is 1.99. The van der Waals surface area contributed by atoms with Crippen molar-refractivity contribution in [3.63, 3.8) is 0 Å². The summed E-state index contributed by atoms with van der Waals surface area (Å²) in [6.45, 7) is 9.49. The number of unbranched alkanes of at least 4 members (excludes halogenated alkanes) is 2. The normalized spacial score (nSPS) is 24.5. The SMILES string of the molecule is CCCC(C)(C)CCCCCC1C=CC(C)C1. The van der Waals surface area contributed by atoms with Gasteiger partial charge in [-0.3, -0.25) is 0 Å². The van der Waals surface area contributed by atoms with Gasteiger partial charge in [-0.25, -0.2) is 0 Å². The van der Waals surface area contributed by atoms with E-state index >= 15 is 0 Å². The summed E-state index contributed by atoms with van der Waals surface area (Å²) in [4.78, 5) is 0. The highest BCUT2D eigenvalue weighted by atomic mass is 14.2. The summed E-state index contributed by atoms with van der Waals surface area (Å²) in [5.41, 5.74) is 0.580. The van der Waals surface area contributed by atoms with Gasteiger partial charge in [0.2, 0.25) is 0 Å². The zero-order chi connectivity index (χ0) is 12.7. The molecule has 0 bridgehead atoms. The lowest BCUT2D eigenvalue weighted by Crippen LogP contribution is -2.10. The first-order valence-electron chi connectivity index (χ1n) is 7.72. The van der Waals surface area contributed by atoms with E-state index < -0.39 is 0 Å². The Labute approximate surface area is 109 Å². The van der Waals surface area contributed by atoms with Crippen LogP contribution in [0.1, 0.15) is 79.1 Å². The van der Waals surface area contributed by atoms with Crippen molar-refractivity contribution >= 4 is 0 Å². The van der Waals surface area contributed by atoms with Crippen molar-refractivity contribution in [2.24, 2.45) is 17.3 Å². The van der Waals surface area contributed by atoms with E-state index in [0.717, 1.165) is 11.8 Å². The maximum Gasteiger partial charge on any atom is -0.0228 e. The number of rotatable bonds is 8. The Morgan fingerprint density at radius 2 is 1.82 bits per heavy atom. The van der Waals surface area contributed by atoms with E-state index in [9.17, 15) is 0 Å². The van der Waals surface area contributed by atoms with Crippen LogP contribution >= 0.6 is 0 Å². The molecule has 100 valence electrons. The maximum absolute atomic E-state index is 2.45. The second-order valence-electron chi connectivity index (χ2n) is 6.87. The molecule has 2 unspecified atom stereocenters. The second-order valence-corrected chi connectivity index (χ2v) is 6.87. The van der Waals surface area contributed by atoms with E-state index in [2.05, 4.69) is 39.8 Å². The molecular weight excluding hydrogens is 204 g/mol. The largest absolute Gasteiger partial charge is 0.0854 e. The number of allylic oxidation sites excluding steroid dienone is 2. The van der Waals surface area contributed by atoms with Gasteiger partial charge in [0.25, 0.3) is 0 Å². The van der Waals surface area contributed by atoms with Gasteiger partial charge in [-0.15, -0.1) is 0 Å². The summed E-state index contributed by atoms with van der Waals surface area (Å²) in [6, 6.07) is 0. The van der Waals surface area contributed by atoms with Gasteiger partial charge in [-0.05, 0) is 42.9 Å². The van der Waals surface area contributed by atoms with Gasteiger partial charge in [0, 0.05) is 0 Å². The minimum atomic E-state index is 0.580. The summed E-state index contributed by atoms with van der Waals surface area (Å²) in [6.07, 6.45) is 16.1. The third-order valence-corrected chi connectivity index (χ3v) is 4.24. The Bertz CT molecular complexity index is 224. The Morgan fingerprint density at radius 3 is 2.41 bits per heavy atom. The number of hydrogen-bond acceptors (Lipinski definition) is 0. The van der Waals surface area contributed by atoms with Crippen LogP contribution in [0, 0.1) is 17.3 Å². The lowest BCUT2D eigenvalue weighted by atomic mass is 9.82. The van der Waals surface area contributed by atoms with Crippen LogP contribution in [0.2, 0.25) is 0 Å². The molecule has 0 spiro atoms. The molecule has 1 rings (SSSR count). The molecule has 0 nitrogen and oxygen atoms in total.